The fraction of sp³-hybridized carbons (Fsp3) is 0.292. The lowest BCUT2D eigenvalue weighted by Crippen LogP contribution is -2.22. The van der Waals surface area contributed by atoms with Crippen LogP contribution in [0.2, 0.25) is 0 Å². The predicted molar refractivity (Wildman–Crippen MR) is 126 cm³/mol. The van der Waals surface area contributed by atoms with Crippen LogP contribution in [0.5, 0.6) is 0 Å². The molecule has 0 aromatic rings. The zero-order valence-corrected chi connectivity index (χ0v) is 18.8. The normalized spacial score (nSPS) is 14.7. The highest BCUT2D eigenvalue weighted by Crippen LogP contribution is 2.15. The van der Waals surface area contributed by atoms with Gasteiger partial charge in [0.15, 0.2) is 5.78 Å². The van der Waals surface area contributed by atoms with E-state index in [9.17, 15) is 13.6 Å². The quantitative estimate of drug-likeness (QED) is 0.238. The van der Waals surface area contributed by atoms with Gasteiger partial charge in [-0.25, -0.2) is 8.78 Å². The van der Waals surface area contributed by atoms with Crippen molar-refractivity contribution in [2.45, 2.75) is 20.3 Å². The van der Waals surface area contributed by atoms with Gasteiger partial charge in [0, 0.05) is 37.6 Å². The molecule has 31 heavy (non-hydrogen) atoms. The van der Waals surface area contributed by atoms with Gasteiger partial charge in [-0.05, 0) is 38.5 Å². The number of ketones is 1. The Morgan fingerprint density at radius 3 is 2.32 bits per heavy atom. The molecule has 0 fully saturated rings. The number of hydrogen-bond acceptors (Lipinski definition) is 5. The average Bonchev–Trinajstić information content (AvgIpc) is 3.03. The minimum Gasteiger partial charge on any atom is -0.388 e. The van der Waals surface area contributed by atoms with Crippen molar-refractivity contribution in [3.63, 3.8) is 0 Å². The maximum absolute atomic E-state index is 13.6. The highest BCUT2D eigenvalue weighted by molar-refractivity contribution is 6.10. The molecule has 0 heterocycles. The lowest BCUT2D eigenvalue weighted by atomic mass is 10.0. The molecule has 0 saturated carbocycles. The summed E-state index contributed by atoms with van der Waals surface area (Å²) in [5, 5.41) is 9.34. The van der Waals surface area contributed by atoms with Crippen molar-refractivity contribution in [2.24, 2.45) is 5.73 Å². The first-order valence-corrected chi connectivity index (χ1v) is 9.93. The number of carbonyl (C=O) groups excluding carboxylic acids is 1. The molecule has 5 nitrogen and oxygen atoms in total. The molecule has 7 heteroatoms. The first-order valence-electron chi connectivity index (χ1n) is 9.93. The molecule has 0 unspecified atom stereocenters. The lowest BCUT2D eigenvalue weighted by molar-refractivity contribution is -0.112. The molecule has 1 aliphatic rings. The number of carbonyl (C=O) groups is 1. The van der Waals surface area contributed by atoms with E-state index in [1.165, 1.54) is 19.1 Å². The lowest BCUT2D eigenvalue weighted by Gasteiger charge is -2.11. The second-order valence-electron chi connectivity index (χ2n) is 6.16. The van der Waals surface area contributed by atoms with Gasteiger partial charge in [-0.15, -0.1) is 0 Å². The Hall–Kier alpha value is -3.19. The molecule has 0 radical (unpaired) electrons. The Balaban J connectivity index is 0.00000161. The topological polar surface area (TPSA) is 79.2 Å². The maximum Gasteiger partial charge on any atom is 0.192 e. The van der Waals surface area contributed by atoms with E-state index in [0.717, 1.165) is 17.8 Å². The highest BCUT2D eigenvalue weighted by atomic mass is 19.1. The molecular formula is C24H34F2N4O. The third-order valence-corrected chi connectivity index (χ3v) is 4.06. The summed E-state index contributed by atoms with van der Waals surface area (Å²) in [6.45, 7) is 6.44. The second kappa shape index (κ2) is 16.6. The minimum absolute atomic E-state index is 0.0135. The zero-order valence-electron chi connectivity index (χ0n) is 18.8. The molecule has 0 aromatic heterocycles. The molecule has 0 aromatic carbocycles. The molecular weight excluding hydrogens is 398 g/mol. The summed E-state index contributed by atoms with van der Waals surface area (Å²) in [6.07, 6.45) is 16.4. The molecule has 0 bridgehead atoms. The monoisotopic (exact) mass is 432 g/mol. The molecule has 5 N–H and O–H groups in total. The molecule has 0 spiro atoms. The van der Waals surface area contributed by atoms with E-state index in [4.69, 9.17) is 5.73 Å². The van der Waals surface area contributed by atoms with Gasteiger partial charge in [0.2, 0.25) is 0 Å². The van der Waals surface area contributed by atoms with Crippen molar-refractivity contribution >= 4 is 5.78 Å². The summed E-state index contributed by atoms with van der Waals surface area (Å²) >= 11 is 0. The Labute approximate surface area is 184 Å². The molecule has 1 aliphatic carbocycles. The first kappa shape index (κ1) is 27.8. The van der Waals surface area contributed by atoms with Gasteiger partial charge in [0.05, 0.1) is 5.57 Å². The van der Waals surface area contributed by atoms with Crippen molar-refractivity contribution in [3.05, 3.63) is 95.5 Å². The van der Waals surface area contributed by atoms with Crippen LogP contribution in [0, 0.1) is 0 Å². The van der Waals surface area contributed by atoms with Crippen LogP contribution in [-0.2, 0) is 4.79 Å². The summed E-state index contributed by atoms with van der Waals surface area (Å²) in [7, 11) is 3.63. The molecule has 0 aliphatic heterocycles. The summed E-state index contributed by atoms with van der Waals surface area (Å²) in [5.74, 6) is -0.484. The van der Waals surface area contributed by atoms with E-state index in [0.29, 0.717) is 5.82 Å². The van der Waals surface area contributed by atoms with Crippen LogP contribution in [0.4, 0.5) is 8.78 Å². The minimum atomic E-state index is -0.646. The van der Waals surface area contributed by atoms with Crippen LogP contribution in [0.1, 0.15) is 20.3 Å². The number of halogens is 2. The van der Waals surface area contributed by atoms with E-state index in [-0.39, 0.29) is 24.4 Å². The SMILES string of the molecule is C/C=C\CF.C=C(C(=O)/C(=C/C=C(\NC)NC1=CCC=C(NC)C=C1)CN)/C(F)=C\C. The number of hydrogen-bond donors (Lipinski definition) is 4. The van der Waals surface area contributed by atoms with Gasteiger partial charge in [0.1, 0.15) is 18.3 Å². The third-order valence-electron chi connectivity index (χ3n) is 4.06. The summed E-state index contributed by atoms with van der Waals surface area (Å²) in [4.78, 5) is 12.2. The van der Waals surface area contributed by atoms with Crippen LogP contribution in [0.25, 0.3) is 0 Å². The predicted octanol–water partition coefficient (Wildman–Crippen LogP) is 4.00. The number of allylic oxidation sites excluding steroid dienone is 11. The Morgan fingerprint density at radius 2 is 1.84 bits per heavy atom. The third kappa shape index (κ3) is 11.0. The van der Waals surface area contributed by atoms with Crippen molar-refractivity contribution in [2.75, 3.05) is 27.3 Å². The number of Topliss-reactive ketones (excluding diaryl/α,β-unsaturated/α-hetero) is 1. The number of rotatable bonds is 10. The molecule has 170 valence electrons. The standard InChI is InChI=1S/C20H27FN4O.C4H7F/c1-5-18(21)14(2)20(26)15(13-22)9-12-19(24-4)25-17-8-6-7-16(23-3)10-11-17;1-2-3-4-5/h5,7-12,23-25H,2,6,13,22H2,1,3-4H3;2-3H,4H2,1H3/b15-9+,18-5+,19-12+;3-2-. The average molecular weight is 433 g/mol. The second-order valence-corrected chi connectivity index (χ2v) is 6.16. The molecule has 0 atom stereocenters. The van der Waals surface area contributed by atoms with Crippen LogP contribution in [0.3, 0.4) is 0 Å². The van der Waals surface area contributed by atoms with E-state index >= 15 is 0 Å². The molecule has 0 amide bonds. The smallest absolute Gasteiger partial charge is 0.192 e. The van der Waals surface area contributed by atoms with Crippen molar-refractivity contribution in [3.8, 4) is 0 Å². The number of likely N-dealkylation sites (N-methyl/N-ethyl adjacent to an activating group) is 1. The molecule has 1 rings (SSSR count). The Morgan fingerprint density at radius 1 is 1.19 bits per heavy atom. The van der Waals surface area contributed by atoms with Crippen LogP contribution >= 0.6 is 0 Å². The first-order chi connectivity index (χ1) is 14.9. The number of nitrogens with two attached hydrogens (primary N) is 1. The van der Waals surface area contributed by atoms with E-state index < -0.39 is 11.6 Å². The Bertz CT molecular complexity index is 815. The van der Waals surface area contributed by atoms with Gasteiger partial charge in [-0.3, -0.25) is 4.79 Å². The van der Waals surface area contributed by atoms with Crippen molar-refractivity contribution < 1.29 is 13.6 Å². The van der Waals surface area contributed by atoms with Gasteiger partial charge in [0.25, 0.3) is 0 Å². The van der Waals surface area contributed by atoms with Crippen LogP contribution in [0.15, 0.2) is 95.5 Å². The maximum atomic E-state index is 13.6. The van der Waals surface area contributed by atoms with Gasteiger partial charge >= 0.3 is 0 Å². The van der Waals surface area contributed by atoms with Crippen molar-refractivity contribution in [1.82, 2.24) is 16.0 Å². The van der Waals surface area contributed by atoms with E-state index in [2.05, 4.69) is 28.6 Å². The summed E-state index contributed by atoms with van der Waals surface area (Å²) in [6, 6.07) is 0. The zero-order chi connectivity index (χ0) is 23.6. The largest absolute Gasteiger partial charge is 0.388 e. The summed E-state index contributed by atoms with van der Waals surface area (Å²) < 4.78 is 24.5. The summed E-state index contributed by atoms with van der Waals surface area (Å²) in [5.41, 5.74) is 7.65. The van der Waals surface area contributed by atoms with Gasteiger partial charge in [-0.2, -0.15) is 0 Å². The Kier molecular flexibility index (Phi) is 14.9. The van der Waals surface area contributed by atoms with Crippen LogP contribution in [-0.4, -0.2) is 33.1 Å². The van der Waals surface area contributed by atoms with Gasteiger partial charge < -0.3 is 21.7 Å². The van der Waals surface area contributed by atoms with Crippen molar-refractivity contribution in [1.29, 1.82) is 0 Å². The fourth-order valence-electron chi connectivity index (χ4n) is 2.24. The van der Waals surface area contributed by atoms with Crippen LogP contribution < -0.4 is 21.7 Å². The van der Waals surface area contributed by atoms with E-state index in [1.54, 1.807) is 32.2 Å². The highest BCUT2D eigenvalue weighted by Gasteiger charge is 2.15. The molecule has 0 saturated heterocycles. The van der Waals surface area contributed by atoms with Gasteiger partial charge in [-0.1, -0.05) is 43.0 Å². The van der Waals surface area contributed by atoms with E-state index in [1.807, 2.05) is 25.3 Å². The number of nitrogens with one attached hydrogen (secondary N) is 3. The number of alkyl halides is 1. The fourth-order valence-corrected chi connectivity index (χ4v) is 2.24.